The van der Waals surface area contributed by atoms with Crippen molar-refractivity contribution in [2.45, 2.75) is 27.3 Å². The van der Waals surface area contributed by atoms with Crippen molar-refractivity contribution < 1.29 is 9.59 Å². The average Bonchev–Trinajstić information content (AvgIpc) is 2.66. The maximum atomic E-state index is 12.7. The molecule has 0 saturated heterocycles. The zero-order valence-electron chi connectivity index (χ0n) is 16.6. The van der Waals surface area contributed by atoms with Gasteiger partial charge in [-0.3, -0.25) is 9.59 Å². The number of nitrogens with zero attached hydrogens (tertiary/aromatic N) is 2. The molecule has 0 radical (unpaired) electrons. The van der Waals surface area contributed by atoms with Gasteiger partial charge in [-0.25, -0.2) is 9.97 Å². The third-order valence-corrected chi connectivity index (χ3v) is 4.23. The van der Waals surface area contributed by atoms with E-state index in [1.165, 1.54) is 12.5 Å². The van der Waals surface area contributed by atoms with Gasteiger partial charge >= 0.3 is 0 Å². The smallest absolute Gasteiger partial charge is 0.274 e. The Morgan fingerprint density at radius 3 is 2.34 bits per heavy atom. The predicted molar refractivity (Wildman–Crippen MR) is 114 cm³/mol. The van der Waals surface area contributed by atoms with Crippen LogP contribution in [0.3, 0.4) is 0 Å². The van der Waals surface area contributed by atoms with Crippen LogP contribution < -0.4 is 16.0 Å². The topological polar surface area (TPSA) is 96.0 Å². The summed E-state index contributed by atoms with van der Waals surface area (Å²) in [6.45, 7) is 5.83. The van der Waals surface area contributed by atoms with Crippen molar-refractivity contribution in [2.75, 3.05) is 16.0 Å². The van der Waals surface area contributed by atoms with E-state index in [-0.39, 0.29) is 17.5 Å². The first-order valence-electron chi connectivity index (χ1n) is 9.24. The van der Waals surface area contributed by atoms with Gasteiger partial charge in [-0.1, -0.05) is 30.3 Å². The lowest BCUT2D eigenvalue weighted by Crippen LogP contribution is -2.16. The Morgan fingerprint density at radius 1 is 0.897 bits per heavy atom. The highest BCUT2D eigenvalue weighted by Crippen LogP contribution is 2.17. The lowest BCUT2D eigenvalue weighted by atomic mass is 10.1. The molecule has 7 nitrogen and oxygen atoms in total. The highest BCUT2D eigenvalue weighted by Gasteiger charge is 2.12. The van der Waals surface area contributed by atoms with Crippen LogP contribution in [0.4, 0.5) is 17.2 Å². The standard InChI is InChI=1S/C22H23N5O2/c1-14-7-4-5-8-17(14)13-23-21-12-20(24-15(2)25-21)22(29)27-19-10-6-9-18(11-19)26-16(3)28/h4-12H,13H2,1-3H3,(H,26,28)(H,27,29)(H,23,24,25). The molecule has 0 spiro atoms. The van der Waals surface area contributed by atoms with Crippen LogP contribution in [0.15, 0.2) is 54.6 Å². The van der Waals surface area contributed by atoms with Gasteiger partial charge in [0.2, 0.25) is 5.91 Å². The van der Waals surface area contributed by atoms with Crippen molar-refractivity contribution in [1.82, 2.24) is 9.97 Å². The summed E-state index contributed by atoms with van der Waals surface area (Å²) < 4.78 is 0. The number of carbonyl (C=O) groups is 2. The predicted octanol–water partition coefficient (Wildman–Crippen LogP) is 3.92. The molecule has 0 saturated carbocycles. The van der Waals surface area contributed by atoms with E-state index in [4.69, 9.17) is 0 Å². The molecule has 0 aliphatic heterocycles. The van der Waals surface area contributed by atoms with Gasteiger partial charge in [0, 0.05) is 30.9 Å². The lowest BCUT2D eigenvalue weighted by molar-refractivity contribution is -0.114. The van der Waals surface area contributed by atoms with E-state index in [0.717, 1.165) is 5.56 Å². The molecule has 3 N–H and O–H groups in total. The van der Waals surface area contributed by atoms with Crippen molar-refractivity contribution in [2.24, 2.45) is 0 Å². The normalized spacial score (nSPS) is 10.3. The molecule has 2 amide bonds. The molecule has 1 heterocycles. The molecule has 1 aromatic heterocycles. The molecule has 148 valence electrons. The SMILES string of the molecule is CC(=O)Nc1cccc(NC(=O)c2cc(NCc3ccccc3C)nc(C)n2)c1. The summed E-state index contributed by atoms with van der Waals surface area (Å²) in [5.74, 6) is 0.550. The number of aromatic nitrogens is 2. The van der Waals surface area contributed by atoms with Gasteiger partial charge in [0.05, 0.1) is 0 Å². The fourth-order valence-corrected chi connectivity index (χ4v) is 2.84. The van der Waals surface area contributed by atoms with Gasteiger partial charge < -0.3 is 16.0 Å². The number of nitrogens with one attached hydrogen (secondary N) is 3. The average molecular weight is 389 g/mol. The van der Waals surface area contributed by atoms with Crippen molar-refractivity contribution in [3.8, 4) is 0 Å². The molecule has 3 rings (SSSR count). The third-order valence-electron chi connectivity index (χ3n) is 4.23. The van der Waals surface area contributed by atoms with Crippen LogP contribution in [0, 0.1) is 13.8 Å². The Hall–Kier alpha value is -3.74. The van der Waals surface area contributed by atoms with E-state index in [0.29, 0.717) is 29.6 Å². The molecule has 0 fully saturated rings. The third kappa shape index (κ3) is 5.62. The first-order valence-corrected chi connectivity index (χ1v) is 9.24. The zero-order chi connectivity index (χ0) is 20.8. The summed E-state index contributed by atoms with van der Waals surface area (Å²) in [4.78, 5) is 32.5. The fourth-order valence-electron chi connectivity index (χ4n) is 2.84. The molecular weight excluding hydrogens is 366 g/mol. The summed E-state index contributed by atoms with van der Waals surface area (Å²) in [5.41, 5.74) is 3.77. The van der Waals surface area contributed by atoms with Gasteiger partial charge in [-0.2, -0.15) is 0 Å². The maximum absolute atomic E-state index is 12.7. The van der Waals surface area contributed by atoms with Crippen molar-refractivity contribution in [1.29, 1.82) is 0 Å². The highest BCUT2D eigenvalue weighted by atomic mass is 16.2. The maximum Gasteiger partial charge on any atom is 0.274 e. The molecule has 29 heavy (non-hydrogen) atoms. The van der Waals surface area contributed by atoms with Gasteiger partial charge in [-0.15, -0.1) is 0 Å². The van der Waals surface area contributed by atoms with Crippen molar-refractivity contribution in [3.05, 3.63) is 77.2 Å². The van der Waals surface area contributed by atoms with E-state index in [1.54, 1.807) is 37.3 Å². The number of hydrogen-bond donors (Lipinski definition) is 3. The number of carbonyl (C=O) groups excluding carboxylic acids is 2. The molecular formula is C22H23N5O2. The van der Waals surface area contributed by atoms with Gasteiger partial charge in [0.25, 0.3) is 5.91 Å². The Balaban J connectivity index is 1.72. The minimum atomic E-state index is -0.352. The molecule has 0 bridgehead atoms. The quantitative estimate of drug-likeness (QED) is 0.594. The van der Waals surface area contributed by atoms with Crippen LogP contribution in [-0.4, -0.2) is 21.8 Å². The summed E-state index contributed by atoms with van der Waals surface area (Å²) in [6, 6.07) is 16.6. The Morgan fingerprint density at radius 2 is 1.62 bits per heavy atom. The molecule has 7 heteroatoms. The van der Waals surface area contributed by atoms with Crippen LogP contribution in [0.2, 0.25) is 0 Å². The molecule has 0 atom stereocenters. The number of benzene rings is 2. The van der Waals surface area contributed by atoms with E-state index in [1.807, 2.05) is 18.2 Å². The molecule has 0 aliphatic rings. The van der Waals surface area contributed by atoms with Crippen molar-refractivity contribution in [3.63, 3.8) is 0 Å². The van der Waals surface area contributed by atoms with Gasteiger partial charge in [-0.05, 0) is 43.2 Å². The Kier molecular flexibility index (Phi) is 6.19. The second kappa shape index (κ2) is 8.97. The fraction of sp³-hybridized carbons (Fsp3) is 0.182. The van der Waals surface area contributed by atoms with Crippen LogP contribution in [-0.2, 0) is 11.3 Å². The minimum Gasteiger partial charge on any atom is -0.366 e. The summed E-state index contributed by atoms with van der Waals surface area (Å²) in [7, 11) is 0. The number of hydrogen-bond acceptors (Lipinski definition) is 5. The second-order valence-electron chi connectivity index (χ2n) is 6.68. The zero-order valence-corrected chi connectivity index (χ0v) is 16.6. The largest absolute Gasteiger partial charge is 0.366 e. The van der Waals surface area contributed by atoms with Crippen LogP contribution in [0.5, 0.6) is 0 Å². The van der Waals surface area contributed by atoms with E-state index in [2.05, 4.69) is 38.9 Å². The van der Waals surface area contributed by atoms with Gasteiger partial charge in [0.1, 0.15) is 17.3 Å². The molecule has 0 aliphatic carbocycles. The first kappa shape index (κ1) is 20.0. The Bertz CT molecular complexity index is 1050. The van der Waals surface area contributed by atoms with E-state index in [9.17, 15) is 9.59 Å². The number of rotatable bonds is 6. The summed E-state index contributed by atoms with van der Waals surface area (Å²) in [6.07, 6.45) is 0. The number of amides is 2. The van der Waals surface area contributed by atoms with Crippen molar-refractivity contribution >= 4 is 29.0 Å². The van der Waals surface area contributed by atoms with Gasteiger partial charge in [0.15, 0.2) is 0 Å². The highest BCUT2D eigenvalue weighted by molar-refractivity contribution is 6.03. The molecule has 0 unspecified atom stereocenters. The number of aryl methyl sites for hydroxylation is 2. The number of anilines is 3. The summed E-state index contributed by atoms with van der Waals surface area (Å²) in [5, 5.41) is 8.74. The first-order chi connectivity index (χ1) is 13.9. The van der Waals surface area contributed by atoms with Crippen LogP contribution >= 0.6 is 0 Å². The minimum absolute atomic E-state index is 0.177. The van der Waals surface area contributed by atoms with E-state index >= 15 is 0 Å². The monoisotopic (exact) mass is 389 g/mol. The van der Waals surface area contributed by atoms with Crippen LogP contribution in [0.1, 0.15) is 34.4 Å². The second-order valence-corrected chi connectivity index (χ2v) is 6.68. The molecule has 3 aromatic rings. The molecule has 2 aromatic carbocycles. The van der Waals surface area contributed by atoms with Crippen LogP contribution in [0.25, 0.3) is 0 Å². The summed E-state index contributed by atoms with van der Waals surface area (Å²) >= 11 is 0. The van der Waals surface area contributed by atoms with E-state index < -0.39 is 0 Å². The Labute approximate surface area is 169 Å². The lowest BCUT2D eigenvalue weighted by Gasteiger charge is -2.11.